The van der Waals surface area contributed by atoms with E-state index in [0.29, 0.717) is 11.3 Å². The summed E-state index contributed by atoms with van der Waals surface area (Å²) < 4.78 is 12.0. The van der Waals surface area contributed by atoms with Crippen LogP contribution in [0.1, 0.15) is 5.56 Å². The van der Waals surface area contributed by atoms with Crippen molar-refractivity contribution in [3.05, 3.63) is 53.1 Å². The van der Waals surface area contributed by atoms with E-state index in [0.717, 1.165) is 0 Å². The monoisotopic (exact) mass is 303 g/mol. The van der Waals surface area contributed by atoms with Gasteiger partial charge in [-0.2, -0.15) is 5.10 Å². The maximum absolute atomic E-state index is 11.0. The van der Waals surface area contributed by atoms with Gasteiger partial charge in [0.15, 0.2) is 11.5 Å². The van der Waals surface area contributed by atoms with Crippen LogP contribution < -0.4 is 9.47 Å². The van der Waals surface area contributed by atoms with E-state index in [-0.39, 0.29) is 18.0 Å². The summed E-state index contributed by atoms with van der Waals surface area (Å²) in [5.74, 6) is 0.575. The molecule has 1 aromatic heterocycles. The first-order chi connectivity index (χ1) is 10.7. The van der Waals surface area contributed by atoms with Crippen molar-refractivity contribution in [2.24, 2.45) is 5.10 Å². The minimum Gasteiger partial charge on any atom is -0.493 e. The Kier molecular flexibility index (Phi) is 4.81. The van der Waals surface area contributed by atoms with Gasteiger partial charge in [0.2, 0.25) is 0 Å². The van der Waals surface area contributed by atoms with Gasteiger partial charge in [0.05, 0.1) is 24.3 Å². The third-order valence-corrected chi connectivity index (χ3v) is 2.58. The molecule has 0 aliphatic rings. The SMILES string of the molecule is C=CCOc1c(/C=N/n2cnnc2)cc([N+](=O)[O-])cc1OC. The molecule has 9 heteroatoms. The van der Waals surface area contributed by atoms with Crippen molar-refractivity contribution in [3.63, 3.8) is 0 Å². The first-order valence-corrected chi connectivity index (χ1v) is 6.14. The number of non-ortho nitro benzene ring substituents is 1. The third kappa shape index (κ3) is 3.45. The molecule has 1 aromatic carbocycles. The minimum absolute atomic E-state index is 0.131. The molecule has 0 spiro atoms. The quantitative estimate of drug-likeness (QED) is 0.333. The van der Waals surface area contributed by atoms with Gasteiger partial charge in [-0.15, -0.1) is 10.2 Å². The van der Waals surface area contributed by atoms with E-state index in [2.05, 4.69) is 21.9 Å². The zero-order chi connectivity index (χ0) is 15.9. The summed E-state index contributed by atoms with van der Waals surface area (Å²) in [7, 11) is 1.40. The number of hydrogen-bond donors (Lipinski definition) is 0. The molecule has 0 N–H and O–H groups in total. The van der Waals surface area contributed by atoms with E-state index in [4.69, 9.17) is 9.47 Å². The Morgan fingerprint density at radius 3 is 2.77 bits per heavy atom. The van der Waals surface area contributed by atoms with Gasteiger partial charge in [0, 0.05) is 11.6 Å². The molecule has 9 nitrogen and oxygen atoms in total. The summed E-state index contributed by atoms with van der Waals surface area (Å²) in [6.07, 6.45) is 5.73. The second kappa shape index (κ2) is 6.97. The Bertz CT molecular complexity index is 697. The van der Waals surface area contributed by atoms with Gasteiger partial charge >= 0.3 is 0 Å². The molecule has 0 atom stereocenters. The largest absolute Gasteiger partial charge is 0.493 e. The van der Waals surface area contributed by atoms with Gasteiger partial charge in [-0.05, 0) is 0 Å². The highest BCUT2D eigenvalue weighted by molar-refractivity contribution is 5.86. The first kappa shape index (κ1) is 15.2. The molecule has 2 aromatic rings. The third-order valence-electron chi connectivity index (χ3n) is 2.58. The van der Waals surface area contributed by atoms with Crippen LogP contribution in [-0.2, 0) is 0 Å². The Morgan fingerprint density at radius 1 is 1.45 bits per heavy atom. The normalized spacial score (nSPS) is 10.6. The molecule has 2 rings (SSSR count). The molecule has 0 saturated carbocycles. The Hall–Kier alpha value is -3.23. The Balaban J connectivity index is 2.48. The number of aromatic nitrogens is 3. The number of nitro benzene ring substituents is 1. The molecule has 22 heavy (non-hydrogen) atoms. The number of nitro groups is 1. The fraction of sp³-hybridized carbons (Fsp3) is 0.154. The highest BCUT2D eigenvalue weighted by atomic mass is 16.6. The van der Waals surface area contributed by atoms with Crippen molar-refractivity contribution in [3.8, 4) is 11.5 Å². The fourth-order valence-corrected chi connectivity index (χ4v) is 1.64. The number of ether oxygens (including phenoxy) is 2. The van der Waals surface area contributed by atoms with Crippen molar-refractivity contribution in [1.29, 1.82) is 0 Å². The van der Waals surface area contributed by atoms with E-state index in [9.17, 15) is 10.1 Å². The number of benzene rings is 1. The summed E-state index contributed by atoms with van der Waals surface area (Å²) in [5, 5.41) is 22.3. The molecule has 0 bridgehead atoms. The molecule has 114 valence electrons. The molecular weight excluding hydrogens is 290 g/mol. The van der Waals surface area contributed by atoms with E-state index in [1.165, 1.54) is 42.8 Å². The second-order valence-electron chi connectivity index (χ2n) is 4.01. The van der Waals surface area contributed by atoms with Crippen LogP contribution >= 0.6 is 0 Å². The lowest BCUT2D eigenvalue weighted by atomic mass is 10.1. The lowest BCUT2D eigenvalue weighted by molar-refractivity contribution is -0.385. The van der Waals surface area contributed by atoms with Crippen LogP contribution in [0.2, 0.25) is 0 Å². The minimum atomic E-state index is -0.518. The van der Waals surface area contributed by atoms with Crippen molar-refractivity contribution >= 4 is 11.9 Å². The summed E-state index contributed by atoms with van der Waals surface area (Å²) in [4.78, 5) is 10.5. The van der Waals surface area contributed by atoms with Crippen LogP contribution in [0.3, 0.4) is 0 Å². The maximum Gasteiger partial charge on any atom is 0.274 e. The predicted molar refractivity (Wildman–Crippen MR) is 78.4 cm³/mol. The van der Waals surface area contributed by atoms with Crippen LogP contribution in [0.15, 0.2) is 42.5 Å². The number of hydrogen-bond acceptors (Lipinski definition) is 7. The van der Waals surface area contributed by atoms with Gasteiger partial charge in [-0.25, -0.2) is 4.68 Å². The molecule has 0 amide bonds. The first-order valence-electron chi connectivity index (χ1n) is 6.14. The zero-order valence-corrected chi connectivity index (χ0v) is 11.7. The number of nitrogens with zero attached hydrogens (tertiary/aromatic N) is 5. The molecule has 0 fully saturated rings. The van der Waals surface area contributed by atoms with E-state index >= 15 is 0 Å². The van der Waals surface area contributed by atoms with Crippen molar-refractivity contribution < 1.29 is 14.4 Å². The average molecular weight is 303 g/mol. The van der Waals surface area contributed by atoms with Crippen LogP contribution in [0.4, 0.5) is 5.69 Å². The van der Waals surface area contributed by atoms with Gasteiger partial charge in [0.25, 0.3) is 5.69 Å². The zero-order valence-electron chi connectivity index (χ0n) is 11.7. The summed E-state index contributed by atoms with van der Waals surface area (Å²) >= 11 is 0. The smallest absolute Gasteiger partial charge is 0.274 e. The highest BCUT2D eigenvalue weighted by Crippen LogP contribution is 2.34. The van der Waals surface area contributed by atoms with Gasteiger partial charge in [-0.1, -0.05) is 12.7 Å². The van der Waals surface area contributed by atoms with Crippen LogP contribution in [0.25, 0.3) is 0 Å². The summed E-state index contributed by atoms with van der Waals surface area (Å²) in [5.41, 5.74) is 0.259. The lowest BCUT2D eigenvalue weighted by Crippen LogP contribution is -2.02. The van der Waals surface area contributed by atoms with Crippen LogP contribution in [-0.4, -0.2) is 39.7 Å². The van der Waals surface area contributed by atoms with E-state index in [1.54, 1.807) is 6.08 Å². The van der Waals surface area contributed by atoms with E-state index < -0.39 is 4.92 Å². The molecule has 0 unspecified atom stereocenters. The topological polar surface area (TPSA) is 105 Å². The maximum atomic E-state index is 11.0. The summed E-state index contributed by atoms with van der Waals surface area (Å²) in [6.45, 7) is 3.79. The molecule has 0 saturated heterocycles. The highest BCUT2D eigenvalue weighted by Gasteiger charge is 2.17. The molecule has 0 aliphatic carbocycles. The molecule has 0 aliphatic heterocycles. The lowest BCUT2D eigenvalue weighted by Gasteiger charge is -2.11. The Morgan fingerprint density at radius 2 is 2.18 bits per heavy atom. The van der Waals surface area contributed by atoms with E-state index in [1.807, 2.05) is 0 Å². The predicted octanol–water partition coefficient (Wildman–Crippen LogP) is 1.64. The molecule has 0 radical (unpaired) electrons. The Labute approximate surface area is 125 Å². The second-order valence-corrected chi connectivity index (χ2v) is 4.01. The van der Waals surface area contributed by atoms with Crippen molar-refractivity contribution in [2.45, 2.75) is 0 Å². The molecule has 1 heterocycles. The van der Waals surface area contributed by atoms with Crippen LogP contribution in [0.5, 0.6) is 11.5 Å². The van der Waals surface area contributed by atoms with Crippen molar-refractivity contribution in [1.82, 2.24) is 14.9 Å². The van der Waals surface area contributed by atoms with Gasteiger partial charge in [-0.3, -0.25) is 10.1 Å². The fourth-order valence-electron chi connectivity index (χ4n) is 1.64. The summed E-state index contributed by atoms with van der Waals surface area (Å²) in [6, 6.07) is 2.63. The van der Waals surface area contributed by atoms with Gasteiger partial charge in [0.1, 0.15) is 19.3 Å². The van der Waals surface area contributed by atoms with Crippen LogP contribution in [0, 0.1) is 10.1 Å². The standard InChI is InChI=1S/C13H13N5O4/c1-3-4-22-13-10(7-16-17-8-14-15-9-17)5-11(18(19)20)6-12(13)21-2/h3,5-9H,1,4H2,2H3/b16-7+. The van der Waals surface area contributed by atoms with Crippen molar-refractivity contribution in [2.75, 3.05) is 13.7 Å². The number of rotatable bonds is 7. The number of methoxy groups -OCH3 is 1. The average Bonchev–Trinajstić information content (AvgIpc) is 3.03. The molecular formula is C13H13N5O4. The van der Waals surface area contributed by atoms with Gasteiger partial charge < -0.3 is 9.47 Å².